The molecular formula is C13H20O2S. The van der Waals surface area contributed by atoms with Gasteiger partial charge < -0.3 is 4.74 Å². The predicted molar refractivity (Wildman–Crippen MR) is 65.7 cm³/mol. The lowest BCUT2D eigenvalue weighted by Crippen LogP contribution is -2.41. The summed E-state index contributed by atoms with van der Waals surface area (Å²) >= 11 is 2.03. The molecule has 1 saturated carbocycles. The first-order chi connectivity index (χ1) is 7.77. The summed E-state index contributed by atoms with van der Waals surface area (Å²) in [5.74, 6) is 4.38. The Morgan fingerprint density at radius 2 is 2.25 bits per heavy atom. The number of Topliss-reactive ketones (excluding diaryl/α,β-unsaturated/α-hetero) is 1. The molecule has 3 rings (SSSR count). The maximum atomic E-state index is 11.4. The number of ether oxygens (including phenoxy) is 1. The van der Waals surface area contributed by atoms with E-state index in [4.69, 9.17) is 4.74 Å². The Balaban J connectivity index is 1.65. The van der Waals surface area contributed by atoms with Gasteiger partial charge in [-0.05, 0) is 43.3 Å². The van der Waals surface area contributed by atoms with Gasteiger partial charge >= 0.3 is 0 Å². The van der Waals surface area contributed by atoms with E-state index >= 15 is 0 Å². The van der Waals surface area contributed by atoms with Crippen LogP contribution in [-0.2, 0) is 9.53 Å². The van der Waals surface area contributed by atoms with Gasteiger partial charge in [0.1, 0.15) is 5.78 Å². The van der Waals surface area contributed by atoms with Gasteiger partial charge in [0.05, 0.1) is 5.60 Å². The summed E-state index contributed by atoms with van der Waals surface area (Å²) in [5.41, 5.74) is 0.194. The number of carbonyl (C=O) groups excluding carboxylic acids is 1. The molecule has 0 amide bonds. The summed E-state index contributed by atoms with van der Waals surface area (Å²) in [4.78, 5) is 11.4. The van der Waals surface area contributed by atoms with Gasteiger partial charge in [-0.2, -0.15) is 11.8 Å². The minimum atomic E-state index is 0.194. The average Bonchev–Trinajstić information content (AvgIpc) is 2.89. The minimum absolute atomic E-state index is 0.194. The fourth-order valence-electron chi connectivity index (χ4n) is 3.58. The van der Waals surface area contributed by atoms with Crippen molar-refractivity contribution in [3.8, 4) is 0 Å². The summed E-state index contributed by atoms with van der Waals surface area (Å²) in [6.07, 6.45) is 6.47. The first kappa shape index (κ1) is 11.1. The first-order valence-corrected chi connectivity index (χ1v) is 7.66. The van der Waals surface area contributed by atoms with Crippen molar-refractivity contribution in [3.05, 3.63) is 0 Å². The molecule has 0 aromatic rings. The van der Waals surface area contributed by atoms with Crippen molar-refractivity contribution in [2.75, 3.05) is 18.1 Å². The third kappa shape index (κ3) is 2.04. The maximum Gasteiger partial charge on any atom is 0.133 e. The van der Waals surface area contributed by atoms with E-state index < -0.39 is 0 Å². The summed E-state index contributed by atoms with van der Waals surface area (Å²) in [6.45, 7) is 0.927. The molecule has 0 aromatic carbocycles. The second-order valence-corrected chi connectivity index (χ2v) is 6.73. The number of hydrogen-bond donors (Lipinski definition) is 0. The first-order valence-electron chi connectivity index (χ1n) is 6.51. The molecule has 0 N–H and O–H groups in total. The van der Waals surface area contributed by atoms with E-state index in [1.54, 1.807) is 0 Å². The van der Waals surface area contributed by atoms with Gasteiger partial charge in [0.2, 0.25) is 0 Å². The van der Waals surface area contributed by atoms with Crippen LogP contribution in [0, 0.1) is 11.8 Å². The fourth-order valence-corrected chi connectivity index (χ4v) is 4.95. The smallest absolute Gasteiger partial charge is 0.133 e. The zero-order valence-corrected chi connectivity index (χ0v) is 10.6. The van der Waals surface area contributed by atoms with Crippen LogP contribution in [0.15, 0.2) is 0 Å². The van der Waals surface area contributed by atoms with E-state index in [1.807, 2.05) is 11.8 Å². The van der Waals surface area contributed by atoms with E-state index in [9.17, 15) is 4.79 Å². The lowest BCUT2D eigenvalue weighted by molar-refractivity contribution is -0.118. The zero-order valence-electron chi connectivity index (χ0n) is 9.74. The van der Waals surface area contributed by atoms with E-state index in [-0.39, 0.29) is 5.60 Å². The molecule has 3 atom stereocenters. The Morgan fingerprint density at radius 3 is 2.94 bits per heavy atom. The Kier molecular flexibility index (Phi) is 3.01. The van der Waals surface area contributed by atoms with Crippen LogP contribution >= 0.6 is 11.8 Å². The number of thioether (sulfide) groups is 1. The van der Waals surface area contributed by atoms with E-state index in [0.29, 0.717) is 11.7 Å². The molecule has 1 spiro atoms. The molecule has 2 nitrogen and oxygen atoms in total. The SMILES string of the molecule is O=C1CCC(C2CCOC3(CCSC3)C2)C1. The highest BCUT2D eigenvalue weighted by atomic mass is 32.2. The highest BCUT2D eigenvalue weighted by molar-refractivity contribution is 7.99. The molecule has 0 bridgehead atoms. The largest absolute Gasteiger partial charge is 0.374 e. The van der Waals surface area contributed by atoms with Gasteiger partial charge in [0.25, 0.3) is 0 Å². The lowest BCUT2D eigenvalue weighted by atomic mass is 9.77. The third-order valence-electron chi connectivity index (χ3n) is 4.55. The average molecular weight is 240 g/mol. The van der Waals surface area contributed by atoms with Crippen LogP contribution < -0.4 is 0 Å². The Labute approximate surface area is 101 Å². The van der Waals surface area contributed by atoms with Crippen molar-refractivity contribution in [2.45, 2.75) is 44.1 Å². The van der Waals surface area contributed by atoms with Crippen LogP contribution in [0.2, 0.25) is 0 Å². The van der Waals surface area contributed by atoms with E-state index in [2.05, 4.69) is 0 Å². The summed E-state index contributed by atoms with van der Waals surface area (Å²) in [6, 6.07) is 0. The number of carbonyl (C=O) groups is 1. The van der Waals surface area contributed by atoms with E-state index in [0.717, 1.165) is 31.8 Å². The van der Waals surface area contributed by atoms with Crippen LogP contribution in [0.1, 0.15) is 38.5 Å². The van der Waals surface area contributed by atoms with Crippen molar-refractivity contribution >= 4 is 17.5 Å². The van der Waals surface area contributed by atoms with Crippen molar-refractivity contribution in [1.82, 2.24) is 0 Å². The van der Waals surface area contributed by atoms with Crippen LogP contribution in [0.4, 0.5) is 0 Å². The van der Waals surface area contributed by atoms with Crippen LogP contribution in [0.5, 0.6) is 0 Å². The molecule has 16 heavy (non-hydrogen) atoms. The molecule has 0 aromatic heterocycles. The topological polar surface area (TPSA) is 26.3 Å². The second-order valence-electron chi connectivity index (χ2n) is 5.63. The van der Waals surface area contributed by atoms with Crippen molar-refractivity contribution in [1.29, 1.82) is 0 Å². The summed E-state index contributed by atoms with van der Waals surface area (Å²) in [7, 11) is 0. The number of rotatable bonds is 1. The van der Waals surface area contributed by atoms with E-state index in [1.165, 1.54) is 30.8 Å². The molecule has 2 heterocycles. The molecule has 2 saturated heterocycles. The standard InChI is InChI=1S/C13H20O2S/c14-12-2-1-10(7-12)11-3-5-15-13(8-11)4-6-16-9-13/h10-11H,1-9H2. The Bertz CT molecular complexity index is 284. The Morgan fingerprint density at radius 1 is 1.31 bits per heavy atom. The monoisotopic (exact) mass is 240 g/mol. The van der Waals surface area contributed by atoms with Gasteiger partial charge in [-0.3, -0.25) is 4.79 Å². The van der Waals surface area contributed by atoms with Gasteiger partial charge in [0.15, 0.2) is 0 Å². The Hall–Kier alpha value is -0.0200. The lowest BCUT2D eigenvalue weighted by Gasteiger charge is -2.40. The molecule has 90 valence electrons. The van der Waals surface area contributed by atoms with Crippen molar-refractivity contribution in [2.24, 2.45) is 11.8 Å². The maximum absolute atomic E-state index is 11.4. The van der Waals surface area contributed by atoms with Gasteiger partial charge in [-0.15, -0.1) is 0 Å². The number of hydrogen-bond acceptors (Lipinski definition) is 3. The highest BCUT2D eigenvalue weighted by Crippen LogP contribution is 2.45. The molecule has 3 heteroatoms. The van der Waals surface area contributed by atoms with Gasteiger partial charge in [-0.1, -0.05) is 0 Å². The molecule has 1 aliphatic carbocycles. The zero-order chi connectivity index (χ0) is 11.0. The molecule has 2 aliphatic heterocycles. The van der Waals surface area contributed by atoms with Crippen LogP contribution in [0.25, 0.3) is 0 Å². The van der Waals surface area contributed by atoms with Gasteiger partial charge in [0, 0.05) is 25.2 Å². The molecule has 3 aliphatic rings. The summed E-state index contributed by atoms with van der Waals surface area (Å²) in [5, 5.41) is 0. The van der Waals surface area contributed by atoms with Crippen LogP contribution in [-0.4, -0.2) is 29.5 Å². The normalized spacial score (nSPS) is 44.4. The van der Waals surface area contributed by atoms with Crippen molar-refractivity contribution < 1.29 is 9.53 Å². The third-order valence-corrected chi connectivity index (χ3v) is 5.77. The predicted octanol–water partition coefficient (Wildman–Crippen LogP) is 2.66. The molecule has 0 radical (unpaired) electrons. The molecule has 3 fully saturated rings. The quantitative estimate of drug-likeness (QED) is 0.705. The minimum Gasteiger partial charge on any atom is -0.374 e. The van der Waals surface area contributed by atoms with Crippen LogP contribution in [0.3, 0.4) is 0 Å². The fraction of sp³-hybridized carbons (Fsp3) is 0.923. The van der Waals surface area contributed by atoms with Gasteiger partial charge in [-0.25, -0.2) is 0 Å². The molecular weight excluding hydrogens is 220 g/mol. The highest BCUT2D eigenvalue weighted by Gasteiger charge is 2.43. The van der Waals surface area contributed by atoms with Crippen molar-refractivity contribution in [3.63, 3.8) is 0 Å². The number of ketones is 1. The second kappa shape index (κ2) is 4.34. The summed E-state index contributed by atoms with van der Waals surface area (Å²) < 4.78 is 6.04. The molecule has 3 unspecified atom stereocenters.